The molecule has 0 spiro atoms. The number of rotatable bonds is 4. The van der Waals surface area contributed by atoms with Crippen molar-refractivity contribution in [2.45, 2.75) is 12.8 Å². The van der Waals surface area contributed by atoms with Crippen molar-refractivity contribution in [3.8, 4) is 0 Å². The van der Waals surface area contributed by atoms with E-state index in [-0.39, 0.29) is 5.91 Å². The summed E-state index contributed by atoms with van der Waals surface area (Å²) >= 11 is 9.24. The Morgan fingerprint density at radius 2 is 2.00 bits per heavy atom. The van der Waals surface area contributed by atoms with Crippen LogP contribution in [0.3, 0.4) is 0 Å². The third-order valence-electron chi connectivity index (χ3n) is 2.97. The Morgan fingerprint density at radius 3 is 2.50 bits per heavy atom. The van der Waals surface area contributed by atoms with Gasteiger partial charge in [0.2, 0.25) is 0 Å². The van der Waals surface area contributed by atoms with Gasteiger partial charge in [0, 0.05) is 22.5 Å². The van der Waals surface area contributed by atoms with Crippen LogP contribution in [-0.2, 0) is 0 Å². The molecule has 0 saturated heterocycles. The Kier molecular flexibility index (Phi) is 3.55. The lowest BCUT2D eigenvalue weighted by molar-refractivity contribution is 0.0946. The molecule has 1 aromatic rings. The zero-order valence-corrected chi connectivity index (χ0v) is 11.1. The standard InChI is InChI=1S/C12H13BrClNO/c13-7-12(5-6-12)8-15-11(16)9-1-3-10(14)4-2-9/h1-4H,5-8H2,(H,15,16). The molecule has 2 rings (SSSR count). The van der Waals surface area contributed by atoms with E-state index in [0.29, 0.717) is 16.0 Å². The molecule has 1 aromatic carbocycles. The van der Waals surface area contributed by atoms with Crippen LogP contribution in [0.4, 0.5) is 0 Å². The average Bonchev–Trinajstić information content (AvgIpc) is 3.08. The Bertz CT molecular complexity index is 387. The first-order valence-electron chi connectivity index (χ1n) is 5.25. The summed E-state index contributed by atoms with van der Waals surface area (Å²) in [5, 5.41) is 4.57. The number of halogens is 2. The summed E-state index contributed by atoms with van der Waals surface area (Å²) < 4.78 is 0. The quantitative estimate of drug-likeness (QED) is 0.850. The molecule has 1 N–H and O–H groups in total. The topological polar surface area (TPSA) is 29.1 Å². The fourth-order valence-corrected chi connectivity index (χ4v) is 2.39. The summed E-state index contributed by atoms with van der Waals surface area (Å²) in [7, 11) is 0. The maximum atomic E-state index is 11.8. The van der Waals surface area contributed by atoms with E-state index in [0.717, 1.165) is 11.9 Å². The van der Waals surface area contributed by atoms with Gasteiger partial charge in [-0.05, 0) is 42.5 Å². The summed E-state index contributed by atoms with van der Waals surface area (Å²) in [6.07, 6.45) is 2.39. The van der Waals surface area contributed by atoms with Crippen LogP contribution in [0, 0.1) is 5.41 Å². The first-order chi connectivity index (χ1) is 7.65. The number of amides is 1. The molecule has 0 aliphatic heterocycles. The van der Waals surface area contributed by atoms with Crippen LogP contribution < -0.4 is 5.32 Å². The average molecular weight is 303 g/mol. The molecule has 0 unspecified atom stereocenters. The summed E-state index contributed by atoms with van der Waals surface area (Å²) in [4.78, 5) is 11.8. The van der Waals surface area contributed by atoms with Gasteiger partial charge in [0.15, 0.2) is 0 Å². The monoisotopic (exact) mass is 301 g/mol. The predicted molar refractivity (Wildman–Crippen MR) is 69.2 cm³/mol. The molecule has 1 amide bonds. The number of hydrogen-bond donors (Lipinski definition) is 1. The molecule has 1 aliphatic rings. The maximum Gasteiger partial charge on any atom is 0.251 e. The number of carbonyl (C=O) groups is 1. The Hall–Kier alpha value is -0.540. The van der Waals surface area contributed by atoms with Gasteiger partial charge >= 0.3 is 0 Å². The van der Waals surface area contributed by atoms with Crippen LogP contribution in [0.5, 0.6) is 0 Å². The van der Waals surface area contributed by atoms with E-state index in [1.165, 1.54) is 12.8 Å². The van der Waals surface area contributed by atoms with E-state index < -0.39 is 0 Å². The minimum absolute atomic E-state index is 0.0242. The first kappa shape index (κ1) is 11.9. The van der Waals surface area contributed by atoms with Gasteiger partial charge in [-0.1, -0.05) is 27.5 Å². The predicted octanol–water partition coefficient (Wildman–Crippen LogP) is 3.24. The lowest BCUT2D eigenvalue weighted by Gasteiger charge is -2.12. The van der Waals surface area contributed by atoms with Gasteiger partial charge in [-0.15, -0.1) is 0 Å². The molecule has 0 radical (unpaired) electrons. The zero-order valence-electron chi connectivity index (χ0n) is 8.80. The van der Waals surface area contributed by atoms with Gasteiger partial charge in [-0.3, -0.25) is 4.79 Å². The highest BCUT2D eigenvalue weighted by molar-refractivity contribution is 9.09. The molecule has 1 saturated carbocycles. The van der Waals surface area contributed by atoms with Crippen molar-refractivity contribution >= 4 is 33.4 Å². The fourth-order valence-electron chi connectivity index (χ4n) is 1.51. The largest absolute Gasteiger partial charge is 0.351 e. The molecular weight excluding hydrogens is 289 g/mol. The van der Waals surface area contributed by atoms with Crippen molar-refractivity contribution in [1.29, 1.82) is 0 Å². The molecular formula is C12H13BrClNO. The van der Waals surface area contributed by atoms with Crippen LogP contribution in [-0.4, -0.2) is 17.8 Å². The number of hydrogen-bond acceptors (Lipinski definition) is 1. The third kappa shape index (κ3) is 2.77. The SMILES string of the molecule is O=C(NCC1(CBr)CC1)c1ccc(Cl)cc1. The summed E-state index contributed by atoms with van der Waals surface area (Å²) in [5.41, 5.74) is 0.969. The molecule has 0 heterocycles. The minimum Gasteiger partial charge on any atom is -0.351 e. The van der Waals surface area contributed by atoms with Crippen molar-refractivity contribution in [3.63, 3.8) is 0 Å². The molecule has 0 bridgehead atoms. The van der Waals surface area contributed by atoms with E-state index >= 15 is 0 Å². The molecule has 1 fully saturated rings. The van der Waals surface area contributed by atoms with E-state index in [9.17, 15) is 4.79 Å². The van der Waals surface area contributed by atoms with Crippen molar-refractivity contribution in [3.05, 3.63) is 34.9 Å². The molecule has 16 heavy (non-hydrogen) atoms. The summed E-state index contributed by atoms with van der Waals surface area (Å²) in [5.74, 6) is -0.0242. The summed E-state index contributed by atoms with van der Waals surface area (Å²) in [6, 6.07) is 6.94. The van der Waals surface area contributed by atoms with Crippen molar-refractivity contribution in [1.82, 2.24) is 5.32 Å². The normalized spacial score (nSPS) is 16.9. The van der Waals surface area contributed by atoms with E-state index in [1.54, 1.807) is 24.3 Å². The van der Waals surface area contributed by atoms with Crippen molar-refractivity contribution < 1.29 is 4.79 Å². The number of benzene rings is 1. The third-order valence-corrected chi connectivity index (χ3v) is 4.41. The molecule has 0 atom stereocenters. The van der Waals surface area contributed by atoms with E-state index in [1.807, 2.05) is 0 Å². The molecule has 2 nitrogen and oxygen atoms in total. The van der Waals surface area contributed by atoms with Crippen LogP contribution in [0.25, 0.3) is 0 Å². The van der Waals surface area contributed by atoms with Crippen LogP contribution in [0.2, 0.25) is 5.02 Å². The lowest BCUT2D eigenvalue weighted by Crippen LogP contribution is -2.30. The molecule has 4 heteroatoms. The van der Waals surface area contributed by atoms with Crippen LogP contribution in [0.1, 0.15) is 23.2 Å². The van der Waals surface area contributed by atoms with E-state index in [4.69, 9.17) is 11.6 Å². The van der Waals surface area contributed by atoms with Crippen LogP contribution >= 0.6 is 27.5 Å². The molecule has 0 aromatic heterocycles. The zero-order chi connectivity index (χ0) is 11.6. The second kappa shape index (κ2) is 4.76. The lowest BCUT2D eigenvalue weighted by atomic mass is 10.1. The Labute approximate surface area is 108 Å². The number of alkyl halides is 1. The second-order valence-electron chi connectivity index (χ2n) is 4.32. The minimum atomic E-state index is -0.0242. The Morgan fingerprint density at radius 1 is 1.38 bits per heavy atom. The highest BCUT2D eigenvalue weighted by Crippen LogP contribution is 2.46. The van der Waals surface area contributed by atoms with Crippen molar-refractivity contribution in [2.24, 2.45) is 5.41 Å². The van der Waals surface area contributed by atoms with Gasteiger partial charge in [-0.25, -0.2) is 0 Å². The number of nitrogens with one attached hydrogen (secondary N) is 1. The smallest absolute Gasteiger partial charge is 0.251 e. The van der Waals surface area contributed by atoms with Gasteiger partial charge in [0.25, 0.3) is 5.91 Å². The highest BCUT2D eigenvalue weighted by Gasteiger charge is 2.41. The second-order valence-corrected chi connectivity index (χ2v) is 5.32. The Balaban J connectivity index is 1.91. The molecule has 86 valence electrons. The van der Waals surface area contributed by atoms with Gasteiger partial charge in [0.1, 0.15) is 0 Å². The molecule has 1 aliphatic carbocycles. The van der Waals surface area contributed by atoms with Gasteiger partial charge < -0.3 is 5.32 Å². The number of carbonyl (C=O) groups excluding carboxylic acids is 1. The van der Waals surface area contributed by atoms with Gasteiger partial charge in [-0.2, -0.15) is 0 Å². The maximum absolute atomic E-state index is 11.8. The van der Waals surface area contributed by atoms with E-state index in [2.05, 4.69) is 21.2 Å². The van der Waals surface area contributed by atoms with Gasteiger partial charge in [0.05, 0.1) is 0 Å². The highest BCUT2D eigenvalue weighted by atomic mass is 79.9. The summed E-state index contributed by atoms with van der Waals surface area (Å²) in [6.45, 7) is 0.750. The fraction of sp³-hybridized carbons (Fsp3) is 0.417. The van der Waals surface area contributed by atoms with Crippen LogP contribution in [0.15, 0.2) is 24.3 Å². The van der Waals surface area contributed by atoms with Crippen molar-refractivity contribution in [2.75, 3.05) is 11.9 Å². The first-order valence-corrected chi connectivity index (χ1v) is 6.75.